The maximum Gasteiger partial charge on any atom is 0.267 e. The number of nitrogens with one attached hydrogen (secondary N) is 2. The van der Waals surface area contributed by atoms with Crippen molar-refractivity contribution >= 4 is 45.4 Å². The van der Waals surface area contributed by atoms with Crippen molar-refractivity contribution in [1.82, 2.24) is 4.98 Å². The number of benzene rings is 2. The molecule has 0 spiro atoms. The van der Waals surface area contributed by atoms with Gasteiger partial charge in [0, 0.05) is 5.69 Å². The molecule has 0 aliphatic rings. The molecule has 128 valence electrons. The van der Waals surface area contributed by atoms with Crippen LogP contribution in [0, 0.1) is 19.7 Å². The van der Waals surface area contributed by atoms with Gasteiger partial charge in [-0.05, 0) is 43.7 Å². The van der Waals surface area contributed by atoms with Crippen LogP contribution in [-0.4, -0.2) is 10.9 Å². The van der Waals surface area contributed by atoms with E-state index >= 15 is 0 Å². The van der Waals surface area contributed by atoms with Crippen molar-refractivity contribution < 1.29 is 9.18 Å². The summed E-state index contributed by atoms with van der Waals surface area (Å²) in [5.41, 5.74) is 2.62. The average Bonchev–Trinajstić information content (AvgIpc) is 2.92. The van der Waals surface area contributed by atoms with Crippen molar-refractivity contribution in [3.05, 3.63) is 69.4 Å². The van der Waals surface area contributed by atoms with E-state index in [2.05, 4.69) is 15.6 Å². The fourth-order valence-electron chi connectivity index (χ4n) is 2.29. The SMILES string of the molecule is Cc1cccc(Nc2nc(C)c(C(=O)Nc3cccc(Cl)c3F)s2)c1. The molecule has 0 aliphatic carbocycles. The number of carbonyl (C=O) groups excluding carboxylic acids is 1. The molecule has 3 rings (SSSR count). The van der Waals surface area contributed by atoms with Gasteiger partial charge in [0.05, 0.1) is 16.4 Å². The van der Waals surface area contributed by atoms with Gasteiger partial charge in [0.2, 0.25) is 0 Å². The number of aryl methyl sites for hydroxylation is 2. The van der Waals surface area contributed by atoms with E-state index in [0.29, 0.717) is 15.7 Å². The highest BCUT2D eigenvalue weighted by molar-refractivity contribution is 7.17. The van der Waals surface area contributed by atoms with Gasteiger partial charge in [-0.2, -0.15) is 0 Å². The zero-order valence-electron chi connectivity index (χ0n) is 13.6. The second-order valence-corrected chi connectivity index (χ2v) is 6.89. The van der Waals surface area contributed by atoms with Gasteiger partial charge in [-0.1, -0.05) is 41.1 Å². The highest BCUT2D eigenvalue weighted by Crippen LogP contribution is 2.28. The maximum atomic E-state index is 13.9. The van der Waals surface area contributed by atoms with Crippen molar-refractivity contribution in [2.24, 2.45) is 0 Å². The highest BCUT2D eigenvalue weighted by atomic mass is 35.5. The minimum atomic E-state index is -0.655. The van der Waals surface area contributed by atoms with Crippen LogP contribution in [-0.2, 0) is 0 Å². The van der Waals surface area contributed by atoms with Gasteiger partial charge < -0.3 is 10.6 Å². The lowest BCUT2D eigenvalue weighted by molar-refractivity contribution is 0.102. The molecule has 0 atom stereocenters. The van der Waals surface area contributed by atoms with E-state index in [0.717, 1.165) is 11.3 Å². The number of hydrogen-bond donors (Lipinski definition) is 2. The van der Waals surface area contributed by atoms with E-state index in [1.54, 1.807) is 13.0 Å². The summed E-state index contributed by atoms with van der Waals surface area (Å²) in [4.78, 5) is 17.2. The summed E-state index contributed by atoms with van der Waals surface area (Å²) in [5, 5.41) is 6.27. The van der Waals surface area contributed by atoms with Crippen LogP contribution in [0.15, 0.2) is 42.5 Å². The number of carbonyl (C=O) groups is 1. The molecule has 2 aromatic carbocycles. The molecular formula is C18H15ClFN3OS. The van der Waals surface area contributed by atoms with Crippen LogP contribution in [0.1, 0.15) is 20.9 Å². The molecule has 0 saturated carbocycles. The topological polar surface area (TPSA) is 54.0 Å². The van der Waals surface area contributed by atoms with Gasteiger partial charge in [0.25, 0.3) is 5.91 Å². The summed E-state index contributed by atoms with van der Waals surface area (Å²) in [6, 6.07) is 12.3. The standard InChI is InChI=1S/C18H15ClFN3OS/c1-10-5-3-6-12(9-10)22-18-21-11(2)16(25-18)17(24)23-14-8-4-7-13(19)15(14)20/h3-9H,1-2H3,(H,21,22)(H,23,24). The predicted octanol–water partition coefficient (Wildman–Crippen LogP) is 5.55. The number of nitrogens with zero attached hydrogens (tertiary/aromatic N) is 1. The fourth-order valence-corrected chi connectivity index (χ4v) is 3.34. The number of aromatic nitrogens is 1. The monoisotopic (exact) mass is 375 g/mol. The Labute approximate surface area is 153 Å². The summed E-state index contributed by atoms with van der Waals surface area (Å²) >= 11 is 6.94. The molecule has 7 heteroatoms. The number of anilines is 3. The Morgan fingerprint density at radius 3 is 2.72 bits per heavy atom. The molecule has 2 N–H and O–H groups in total. The van der Waals surface area contributed by atoms with Gasteiger partial charge in [0.15, 0.2) is 10.9 Å². The van der Waals surface area contributed by atoms with Gasteiger partial charge in [-0.15, -0.1) is 0 Å². The molecule has 1 heterocycles. The summed E-state index contributed by atoms with van der Waals surface area (Å²) in [5.74, 6) is -1.08. The molecule has 25 heavy (non-hydrogen) atoms. The molecule has 0 bridgehead atoms. The number of hydrogen-bond acceptors (Lipinski definition) is 4. The van der Waals surface area contributed by atoms with Crippen LogP contribution in [0.2, 0.25) is 5.02 Å². The average molecular weight is 376 g/mol. The molecule has 1 aromatic heterocycles. The lowest BCUT2D eigenvalue weighted by Crippen LogP contribution is -2.12. The largest absolute Gasteiger partial charge is 0.332 e. The third-order valence-corrected chi connectivity index (χ3v) is 4.84. The summed E-state index contributed by atoms with van der Waals surface area (Å²) < 4.78 is 13.9. The first-order chi connectivity index (χ1) is 11.9. The summed E-state index contributed by atoms with van der Waals surface area (Å²) in [6.07, 6.45) is 0. The van der Waals surface area contributed by atoms with Crippen LogP contribution in [0.3, 0.4) is 0 Å². The Hall–Kier alpha value is -2.44. The summed E-state index contributed by atoms with van der Waals surface area (Å²) in [6.45, 7) is 3.73. The quantitative estimate of drug-likeness (QED) is 0.628. The first-order valence-electron chi connectivity index (χ1n) is 7.50. The van der Waals surface area contributed by atoms with Crippen LogP contribution in [0.4, 0.5) is 20.9 Å². The van der Waals surface area contributed by atoms with E-state index < -0.39 is 11.7 Å². The molecule has 0 unspecified atom stereocenters. The minimum Gasteiger partial charge on any atom is -0.332 e. The van der Waals surface area contributed by atoms with Crippen molar-refractivity contribution in [3.63, 3.8) is 0 Å². The molecule has 3 aromatic rings. The van der Waals surface area contributed by atoms with Crippen LogP contribution >= 0.6 is 22.9 Å². The first kappa shape index (κ1) is 17.4. The fraction of sp³-hybridized carbons (Fsp3) is 0.111. The van der Waals surface area contributed by atoms with Crippen molar-refractivity contribution in [2.75, 3.05) is 10.6 Å². The van der Waals surface area contributed by atoms with Crippen molar-refractivity contribution in [3.8, 4) is 0 Å². The third-order valence-electron chi connectivity index (χ3n) is 3.47. The van der Waals surface area contributed by atoms with Crippen molar-refractivity contribution in [1.29, 1.82) is 0 Å². The van der Waals surface area contributed by atoms with Crippen LogP contribution in [0.25, 0.3) is 0 Å². The van der Waals surface area contributed by atoms with Gasteiger partial charge in [0.1, 0.15) is 4.88 Å². The van der Waals surface area contributed by atoms with Gasteiger partial charge >= 0.3 is 0 Å². The second kappa shape index (κ2) is 7.21. The lowest BCUT2D eigenvalue weighted by Gasteiger charge is -2.06. The summed E-state index contributed by atoms with van der Waals surface area (Å²) in [7, 11) is 0. The van der Waals surface area contributed by atoms with Crippen molar-refractivity contribution in [2.45, 2.75) is 13.8 Å². The molecular weight excluding hydrogens is 361 g/mol. The second-order valence-electron chi connectivity index (χ2n) is 5.48. The molecule has 0 fully saturated rings. The maximum absolute atomic E-state index is 13.9. The number of rotatable bonds is 4. The van der Waals surface area contributed by atoms with E-state index in [4.69, 9.17) is 11.6 Å². The normalized spacial score (nSPS) is 10.6. The third kappa shape index (κ3) is 3.97. The molecule has 0 aliphatic heterocycles. The molecule has 1 amide bonds. The lowest BCUT2D eigenvalue weighted by atomic mass is 10.2. The molecule has 4 nitrogen and oxygen atoms in total. The number of amides is 1. The Bertz CT molecular complexity index is 942. The Morgan fingerprint density at radius 2 is 1.96 bits per heavy atom. The zero-order chi connectivity index (χ0) is 18.0. The van der Waals surface area contributed by atoms with E-state index in [9.17, 15) is 9.18 Å². The Balaban J connectivity index is 1.80. The highest BCUT2D eigenvalue weighted by Gasteiger charge is 2.17. The van der Waals surface area contributed by atoms with E-state index in [1.807, 2.05) is 31.2 Å². The van der Waals surface area contributed by atoms with E-state index in [1.165, 1.54) is 23.5 Å². The number of halogens is 2. The van der Waals surface area contributed by atoms with Gasteiger partial charge in [-0.25, -0.2) is 9.37 Å². The van der Waals surface area contributed by atoms with Crippen LogP contribution < -0.4 is 10.6 Å². The van der Waals surface area contributed by atoms with E-state index in [-0.39, 0.29) is 10.7 Å². The minimum absolute atomic E-state index is 0.0403. The van der Waals surface area contributed by atoms with Crippen LogP contribution in [0.5, 0.6) is 0 Å². The zero-order valence-corrected chi connectivity index (χ0v) is 15.1. The molecule has 0 radical (unpaired) electrons. The Kier molecular flexibility index (Phi) is 5.01. The molecule has 0 saturated heterocycles. The first-order valence-corrected chi connectivity index (χ1v) is 8.70. The smallest absolute Gasteiger partial charge is 0.267 e. The predicted molar refractivity (Wildman–Crippen MR) is 101 cm³/mol. The number of thiazole rings is 1. The Morgan fingerprint density at radius 1 is 1.20 bits per heavy atom. The van der Waals surface area contributed by atoms with Gasteiger partial charge in [-0.3, -0.25) is 4.79 Å².